The average Bonchev–Trinajstić information content (AvgIpc) is 2.78. The highest BCUT2D eigenvalue weighted by atomic mass is 16.5. The standard InChI is InChI=1S/C17H19N3O3/c1-11-3-5-14(6-4-11)23-16-9-18-13(8-19-16)10-20-12(2)15(21)7-17(20)22/h3-6,8-9,12,15,21H,7,10H2,1-2H3/t12-,15-/m0/s1. The maximum Gasteiger partial charge on any atom is 0.237 e. The zero-order valence-electron chi connectivity index (χ0n) is 13.1. The molecule has 6 nitrogen and oxygen atoms in total. The molecule has 1 saturated heterocycles. The predicted octanol–water partition coefficient (Wildman–Crippen LogP) is 2.06. The molecule has 3 rings (SSSR count). The number of nitrogens with zero attached hydrogens (tertiary/aromatic N) is 3. The van der Waals surface area contributed by atoms with Crippen LogP contribution >= 0.6 is 0 Å². The topological polar surface area (TPSA) is 75.5 Å². The number of amides is 1. The number of hydrogen-bond donors (Lipinski definition) is 1. The van der Waals surface area contributed by atoms with E-state index in [9.17, 15) is 9.90 Å². The van der Waals surface area contributed by atoms with Crippen molar-refractivity contribution in [2.75, 3.05) is 0 Å². The maximum atomic E-state index is 11.8. The van der Waals surface area contributed by atoms with Crippen LogP contribution in [0.4, 0.5) is 0 Å². The van der Waals surface area contributed by atoms with Crippen molar-refractivity contribution in [3.05, 3.63) is 47.9 Å². The Kier molecular flexibility index (Phi) is 4.25. The Morgan fingerprint density at radius 3 is 2.57 bits per heavy atom. The van der Waals surface area contributed by atoms with Gasteiger partial charge in [-0.15, -0.1) is 0 Å². The van der Waals surface area contributed by atoms with E-state index in [-0.39, 0.29) is 18.4 Å². The van der Waals surface area contributed by atoms with Crippen LogP contribution in [0, 0.1) is 6.92 Å². The summed E-state index contributed by atoms with van der Waals surface area (Å²) in [4.78, 5) is 22.0. The number of carbonyl (C=O) groups excluding carboxylic acids is 1. The van der Waals surface area contributed by atoms with Gasteiger partial charge in [-0.3, -0.25) is 9.78 Å². The fraction of sp³-hybridized carbons (Fsp3) is 0.353. The fourth-order valence-electron chi connectivity index (χ4n) is 2.51. The third-order valence-corrected chi connectivity index (χ3v) is 4.01. The number of aryl methyl sites for hydroxylation is 1. The van der Waals surface area contributed by atoms with E-state index in [0.717, 1.165) is 5.56 Å². The Bertz CT molecular complexity index is 685. The number of carbonyl (C=O) groups is 1. The molecule has 1 aromatic heterocycles. The highest BCUT2D eigenvalue weighted by Gasteiger charge is 2.35. The van der Waals surface area contributed by atoms with Gasteiger partial charge in [0.15, 0.2) is 0 Å². The number of benzene rings is 1. The summed E-state index contributed by atoms with van der Waals surface area (Å²) in [5.41, 5.74) is 1.82. The zero-order valence-corrected chi connectivity index (χ0v) is 13.1. The van der Waals surface area contributed by atoms with Crippen LogP contribution in [0.5, 0.6) is 11.6 Å². The van der Waals surface area contributed by atoms with Crippen LogP contribution in [0.2, 0.25) is 0 Å². The van der Waals surface area contributed by atoms with Gasteiger partial charge in [0.05, 0.1) is 43.2 Å². The SMILES string of the molecule is Cc1ccc(Oc2cnc(CN3C(=O)C[C@H](O)[C@@H]3C)cn2)cc1. The van der Waals surface area contributed by atoms with E-state index in [0.29, 0.717) is 23.9 Å². The molecule has 120 valence electrons. The molecular formula is C17H19N3O3. The summed E-state index contributed by atoms with van der Waals surface area (Å²) in [5.74, 6) is 1.04. The highest BCUT2D eigenvalue weighted by Crippen LogP contribution is 2.22. The largest absolute Gasteiger partial charge is 0.438 e. The van der Waals surface area contributed by atoms with E-state index in [4.69, 9.17) is 4.74 Å². The Balaban J connectivity index is 1.65. The molecule has 1 aromatic carbocycles. The van der Waals surface area contributed by atoms with Crippen molar-refractivity contribution in [2.24, 2.45) is 0 Å². The van der Waals surface area contributed by atoms with Crippen molar-refractivity contribution in [2.45, 2.75) is 39.0 Å². The Morgan fingerprint density at radius 2 is 2.00 bits per heavy atom. The van der Waals surface area contributed by atoms with E-state index in [2.05, 4.69) is 9.97 Å². The van der Waals surface area contributed by atoms with E-state index >= 15 is 0 Å². The lowest BCUT2D eigenvalue weighted by Gasteiger charge is -2.22. The lowest BCUT2D eigenvalue weighted by molar-refractivity contribution is -0.129. The third-order valence-electron chi connectivity index (χ3n) is 4.01. The van der Waals surface area contributed by atoms with Crippen LogP contribution in [-0.4, -0.2) is 38.0 Å². The van der Waals surface area contributed by atoms with E-state index in [1.807, 2.05) is 38.1 Å². The van der Waals surface area contributed by atoms with Crippen molar-refractivity contribution in [3.8, 4) is 11.6 Å². The van der Waals surface area contributed by atoms with Gasteiger partial charge in [-0.25, -0.2) is 4.98 Å². The van der Waals surface area contributed by atoms with Gasteiger partial charge >= 0.3 is 0 Å². The van der Waals surface area contributed by atoms with E-state index < -0.39 is 6.10 Å². The van der Waals surface area contributed by atoms with Crippen molar-refractivity contribution in [1.29, 1.82) is 0 Å². The van der Waals surface area contributed by atoms with Gasteiger partial charge in [0.25, 0.3) is 0 Å². The average molecular weight is 313 g/mol. The number of aromatic nitrogens is 2. The second kappa shape index (κ2) is 6.34. The molecule has 1 N–H and O–H groups in total. The molecule has 0 radical (unpaired) electrons. The number of likely N-dealkylation sites (tertiary alicyclic amines) is 1. The molecule has 6 heteroatoms. The summed E-state index contributed by atoms with van der Waals surface area (Å²) >= 11 is 0. The minimum absolute atomic E-state index is 0.0632. The number of aliphatic hydroxyl groups excluding tert-OH is 1. The number of hydrogen-bond acceptors (Lipinski definition) is 5. The van der Waals surface area contributed by atoms with Crippen molar-refractivity contribution in [1.82, 2.24) is 14.9 Å². The van der Waals surface area contributed by atoms with Gasteiger partial charge in [0.1, 0.15) is 5.75 Å². The Labute approximate surface area is 134 Å². The molecule has 0 spiro atoms. The molecule has 23 heavy (non-hydrogen) atoms. The molecule has 1 aliphatic rings. The summed E-state index contributed by atoms with van der Waals surface area (Å²) in [7, 11) is 0. The molecule has 2 atom stereocenters. The van der Waals surface area contributed by atoms with E-state index in [1.54, 1.807) is 11.1 Å². The summed E-state index contributed by atoms with van der Waals surface area (Å²) in [6.07, 6.45) is 2.69. The quantitative estimate of drug-likeness (QED) is 0.935. The van der Waals surface area contributed by atoms with Crippen LogP contribution in [-0.2, 0) is 11.3 Å². The molecule has 1 amide bonds. The second-order valence-electron chi connectivity index (χ2n) is 5.79. The molecule has 1 aliphatic heterocycles. The maximum absolute atomic E-state index is 11.8. The predicted molar refractivity (Wildman–Crippen MR) is 83.9 cm³/mol. The second-order valence-corrected chi connectivity index (χ2v) is 5.79. The van der Waals surface area contributed by atoms with E-state index in [1.165, 1.54) is 6.20 Å². The van der Waals surface area contributed by atoms with Crippen LogP contribution in [0.25, 0.3) is 0 Å². The van der Waals surface area contributed by atoms with Crippen LogP contribution in [0.3, 0.4) is 0 Å². The Hall–Kier alpha value is -2.47. The monoisotopic (exact) mass is 313 g/mol. The van der Waals surface area contributed by atoms with Gasteiger partial charge in [0.2, 0.25) is 11.8 Å². The lowest BCUT2D eigenvalue weighted by atomic mass is 10.2. The van der Waals surface area contributed by atoms with Crippen LogP contribution in [0.1, 0.15) is 24.6 Å². The smallest absolute Gasteiger partial charge is 0.237 e. The van der Waals surface area contributed by atoms with Gasteiger partial charge < -0.3 is 14.7 Å². The molecule has 0 aliphatic carbocycles. The van der Waals surface area contributed by atoms with Crippen molar-refractivity contribution in [3.63, 3.8) is 0 Å². The molecule has 2 aromatic rings. The molecule has 0 unspecified atom stereocenters. The molecular weight excluding hydrogens is 294 g/mol. The van der Waals surface area contributed by atoms with Crippen molar-refractivity contribution < 1.29 is 14.6 Å². The minimum atomic E-state index is -0.611. The molecule has 0 bridgehead atoms. The van der Waals surface area contributed by atoms with Gasteiger partial charge in [-0.1, -0.05) is 17.7 Å². The highest BCUT2D eigenvalue weighted by molar-refractivity contribution is 5.79. The first-order valence-corrected chi connectivity index (χ1v) is 7.56. The molecule has 2 heterocycles. The normalized spacial score (nSPS) is 20.8. The minimum Gasteiger partial charge on any atom is -0.438 e. The zero-order chi connectivity index (χ0) is 16.4. The number of aliphatic hydroxyl groups is 1. The lowest BCUT2D eigenvalue weighted by Crippen LogP contribution is -2.34. The van der Waals surface area contributed by atoms with Crippen LogP contribution in [0.15, 0.2) is 36.7 Å². The van der Waals surface area contributed by atoms with Gasteiger partial charge in [0, 0.05) is 0 Å². The van der Waals surface area contributed by atoms with Gasteiger partial charge in [-0.05, 0) is 26.0 Å². The number of rotatable bonds is 4. The summed E-state index contributed by atoms with van der Waals surface area (Å²) in [6.45, 7) is 4.18. The Morgan fingerprint density at radius 1 is 1.26 bits per heavy atom. The third kappa shape index (κ3) is 3.48. The van der Waals surface area contributed by atoms with Crippen molar-refractivity contribution >= 4 is 5.91 Å². The van der Waals surface area contributed by atoms with Crippen LogP contribution < -0.4 is 4.74 Å². The first-order valence-electron chi connectivity index (χ1n) is 7.56. The first-order chi connectivity index (χ1) is 11.0. The summed E-state index contributed by atoms with van der Waals surface area (Å²) < 4.78 is 5.62. The number of ether oxygens (including phenoxy) is 1. The summed E-state index contributed by atoms with van der Waals surface area (Å²) in [5, 5.41) is 9.73. The summed E-state index contributed by atoms with van der Waals surface area (Å²) in [6, 6.07) is 7.46. The van der Waals surface area contributed by atoms with Gasteiger partial charge in [-0.2, -0.15) is 0 Å². The molecule has 0 saturated carbocycles. The first kappa shape index (κ1) is 15.4. The fourth-order valence-corrected chi connectivity index (χ4v) is 2.51. The molecule has 1 fully saturated rings.